The molecule has 0 fully saturated rings. The van der Waals surface area contributed by atoms with E-state index in [1.54, 1.807) is 56.7 Å². The van der Waals surface area contributed by atoms with Crippen LogP contribution in [0.25, 0.3) is 11.0 Å². The lowest BCUT2D eigenvalue weighted by molar-refractivity contribution is 0.0923. The van der Waals surface area contributed by atoms with Crippen LogP contribution in [-0.4, -0.2) is 20.1 Å². The lowest BCUT2D eigenvalue weighted by Gasteiger charge is -2.11. The topological polar surface area (TPSA) is 77.8 Å². The Bertz CT molecular complexity index is 977. The Morgan fingerprint density at radius 3 is 2.64 bits per heavy atom. The number of methoxy groups -OCH3 is 2. The molecule has 0 unspecified atom stereocenters. The second kappa shape index (κ2) is 7.09. The number of amides is 1. The SMILES string of the molecule is COc1ccc(CNC(=O)c2cc(=O)c3ccccc3o2)c(OC)c1. The molecule has 1 heterocycles. The maximum atomic E-state index is 12.3. The van der Waals surface area contributed by atoms with Gasteiger partial charge in [0.2, 0.25) is 0 Å². The van der Waals surface area contributed by atoms with E-state index in [1.165, 1.54) is 6.07 Å². The third-order valence-corrected chi connectivity index (χ3v) is 3.79. The van der Waals surface area contributed by atoms with Crippen LogP contribution in [0.15, 0.2) is 57.7 Å². The third kappa shape index (κ3) is 3.47. The molecular formula is C19H17NO5. The molecule has 1 N–H and O–H groups in total. The van der Waals surface area contributed by atoms with Crippen LogP contribution in [0.3, 0.4) is 0 Å². The molecule has 0 saturated heterocycles. The molecule has 0 radical (unpaired) electrons. The average Bonchev–Trinajstić information content (AvgIpc) is 2.65. The molecule has 0 aliphatic carbocycles. The monoisotopic (exact) mass is 339 g/mol. The highest BCUT2D eigenvalue weighted by atomic mass is 16.5. The Morgan fingerprint density at radius 2 is 1.88 bits per heavy atom. The second-order valence-corrected chi connectivity index (χ2v) is 5.33. The predicted octanol–water partition coefficient (Wildman–Crippen LogP) is 2.74. The van der Waals surface area contributed by atoms with Crippen molar-refractivity contribution in [3.63, 3.8) is 0 Å². The summed E-state index contributed by atoms with van der Waals surface area (Å²) in [6, 6.07) is 13.3. The van der Waals surface area contributed by atoms with E-state index in [0.717, 1.165) is 5.56 Å². The van der Waals surface area contributed by atoms with E-state index in [0.29, 0.717) is 22.5 Å². The summed E-state index contributed by atoms with van der Waals surface area (Å²) >= 11 is 0. The zero-order chi connectivity index (χ0) is 17.8. The van der Waals surface area contributed by atoms with Gasteiger partial charge in [-0.05, 0) is 24.3 Å². The van der Waals surface area contributed by atoms with E-state index < -0.39 is 5.91 Å². The smallest absolute Gasteiger partial charge is 0.287 e. The van der Waals surface area contributed by atoms with Crippen LogP contribution >= 0.6 is 0 Å². The number of carbonyl (C=O) groups excluding carboxylic acids is 1. The summed E-state index contributed by atoms with van der Waals surface area (Å²) in [5.74, 6) is 0.754. The molecule has 0 aliphatic rings. The van der Waals surface area contributed by atoms with Crippen molar-refractivity contribution in [2.75, 3.05) is 14.2 Å². The summed E-state index contributed by atoms with van der Waals surface area (Å²) in [4.78, 5) is 24.4. The number of nitrogens with one attached hydrogen (secondary N) is 1. The summed E-state index contributed by atoms with van der Waals surface area (Å²) in [6.45, 7) is 0.225. The molecule has 1 amide bonds. The maximum absolute atomic E-state index is 12.3. The fourth-order valence-electron chi connectivity index (χ4n) is 2.48. The predicted molar refractivity (Wildman–Crippen MR) is 93.2 cm³/mol. The Hall–Kier alpha value is -3.28. The molecule has 2 aromatic carbocycles. The molecule has 0 aliphatic heterocycles. The van der Waals surface area contributed by atoms with Crippen LogP contribution in [-0.2, 0) is 6.54 Å². The number of hydrogen-bond donors (Lipinski definition) is 1. The van der Waals surface area contributed by atoms with Gasteiger partial charge in [0.05, 0.1) is 19.6 Å². The summed E-state index contributed by atoms with van der Waals surface area (Å²) in [5.41, 5.74) is 0.899. The van der Waals surface area contributed by atoms with Crippen molar-refractivity contribution < 1.29 is 18.7 Å². The van der Waals surface area contributed by atoms with Crippen LogP contribution in [0.1, 0.15) is 16.1 Å². The van der Waals surface area contributed by atoms with E-state index in [-0.39, 0.29) is 17.7 Å². The normalized spacial score (nSPS) is 10.5. The average molecular weight is 339 g/mol. The minimum atomic E-state index is -0.472. The largest absolute Gasteiger partial charge is 0.497 e. The van der Waals surface area contributed by atoms with Gasteiger partial charge < -0.3 is 19.2 Å². The summed E-state index contributed by atoms with van der Waals surface area (Å²) in [7, 11) is 3.11. The maximum Gasteiger partial charge on any atom is 0.287 e. The molecule has 6 heteroatoms. The number of carbonyl (C=O) groups is 1. The Morgan fingerprint density at radius 1 is 1.08 bits per heavy atom. The van der Waals surface area contributed by atoms with Crippen LogP contribution in [0.2, 0.25) is 0 Å². The number of fused-ring (bicyclic) bond motifs is 1. The van der Waals surface area contributed by atoms with Gasteiger partial charge in [-0.2, -0.15) is 0 Å². The molecule has 0 bridgehead atoms. The van der Waals surface area contributed by atoms with E-state index in [1.807, 2.05) is 0 Å². The number of ether oxygens (including phenoxy) is 2. The van der Waals surface area contributed by atoms with Crippen molar-refractivity contribution in [2.24, 2.45) is 0 Å². The highest BCUT2D eigenvalue weighted by molar-refractivity contribution is 5.93. The summed E-state index contributed by atoms with van der Waals surface area (Å²) < 4.78 is 16.0. The van der Waals surface area contributed by atoms with Crippen molar-refractivity contribution in [1.82, 2.24) is 5.32 Å². The number of benzene rings is 2. The van der Waals surface area contributed by atoms with Gasteiger partial charge in [-0.1, -0.05) is 12.1 Å². The van der Waals surface area contributed by atoms with Crippen LogP contribution in [0, 0.1) is 0 Å². The molecule has 6 nitrogen and oxygen atoms in total. The molecule has 3 aromatic rings. The van der Waals surface area contributed by atoms with Crippen molar-refractivity contribution in [3.05, 3.63) is 70.1 Å². The second-order valence-electron chi connectivity index (χ2n) is 5.33. The molecule has 0 spiro atoms. The first-order valence-corrected chi connectivity index (χ1v) is 7.64. The van der Waals surface area contributed by atoms with Crippen LogP contribution in [0.4, 0.5) is 0 Å². The molecule has 25 heavy (non-hydrogen) atoms. The zero-order valence-corrected chi connectivity index (χ0v) is 13.9. The van der Waals surface area contributed by atoms with Crippen molar-refractivity contribution >= 4 is 16.9 Å². The molecule has 1 aromatic heterocycles. The first kappa shape index (κ1) is 16.6. The number of hydrogen-bond acceptors (Lipinski definition) is 5. The van der Waals surface area contributed by atoms with Gasteiger partial charge in [-0.15, -0.1) is 0 Å². The standard InChI is InChI=1S/C19H17NO5/c1-23-13-8-7-12(17(9-13)24-2)11-20-19(22)18-10-15(21)14-5-3-4-6-16(14)25-18/h3-10H,11H2,1-2H3,(H,20,22). The summed E-state index contributed by atoms with van der Waals surface area (Å²) in [6.07, 6.45) is 0. The Labute approximate surface area is 144 Å². The number of rotatable bonds is 5. The molecular weight excluding hydrogens is 322 g/mol. The third-order valence-electron chi connectivity index (χ3n) is 3.79. The quantitative estimate of drug-likeness (QED) is 0.773. The van der Waals surface area contributed by atoms with Gasteiger partial charge >= 0.3 is 0 Å². The molecule has 0 atom stereocenters. The first-order chi connectivity index (χ1) is 12.1. The van der Waals surface area contributed by atoms with Crippen molar-refractivity contribution in [2.45, 2.75) is 6.54 Å². The Balaban J connectivity index is 1.80. The van der Waals surface area contributed by atoms with Gasteiger partial charge in [0.25, 0.3) is 5.91 Å². The van der Waals surface area contributed by atoms with Crippen LogP contribution < -0.4 is 20.2 Å². The van der Waals surface area contributed by atoms with E-state index in [4.69, 9.17) is 13.9 Å². The molecule has 0 saturated carbocycles. The van der Waals surface area contributed by atoms with Gasteiger partial charge in [-0.3, -0.25) is 9.59 Å². The van der Waals surface area contributed by atoms with Crippen molar-refractivity contribution in [3.8, 4) is 11.5 Å². The van der Waals surface area contributed by atoms with Crippen LogP contribution in [0.5, 0.6) is 11.5 Å². The fourth-order valence-corrected chi connectivity index (χ4v) is 2.48. The minimum Gasteiger partial charge on any atom is -0.497 e. The van der Waals surface area contributed by atoms with E-state index >= 15 is 0 Å². The fraction of sp³-hybridized carbons (Fsp3) is 0.158. The first-order valence-electron chi connectivity index (χ1n) is 7.64. The van der Waals surface area contributed by atoms with Gasteiger partial charge in [-0.25, -0.2) is 0 Å². The number of para-hydroxylation sites is 1. The highest BCUT2D eigenvalue weighted by Crippen LogP contribution is 2.24. The summed E-state index contributed by atoms with van der Waals surface area (Å²) in [5, 5.41) is 3.17. The minimum absolute atomic E-state index is 0.0313. The van der Waals surface area contributed by atoms with Crippen molar-refractivity contribution in [1.29, 1.82) is 0 Å². The van der Waals surface area contributed by atoms with Gasteiger partial charge in [0.1, 0.15) is 17.1 Å². The van der Waals surface area contributed by atoms with E-state index in [2.05, 4.69) is 5.32 Å². The van der Waals surface area contributed by atoms with E-state index in [9.17, 15) is 9.59 Å². The van der Waals surface area contributed by atoms with Gasteiger partial charge in [0.15, 0.2) is 11.2 Å². The highest BCUT2D eigenvalue weighted by Gasteiger charge is 2.13. The molecule has 128 valence electrons. The van der Waals surface area contributed by atoms with Gasteiger partial charge in [0, 0.05) is 24.2 Å². The Kier molecular flexibility index (Phi) is 4.70. The molecule has 3 rings (SSSR count). The lowest BCUT2D eigenvalue weighted by atomic mass is 10.2. The lowest BCUT2D eigenvalue weighted by Crippen LogP contribution is -2.24. The zero-order valence-electron chi connectivity index (χ0n) is 13.9.